The van der Waals surface area contributed by atoms with Crippen LogP contribution in [0.5, 0.6) is 0 Å². The number of nitrogens with one attached hydrogen (secondary N) is 1. The van der Waals surface area contributed by atoms with Crippen molar-refractivity contribution in [1.29, 1.82) is 0 Å². The summed E-state index contributed by atoms with van der Waals surface area (Å²) in [7, 11) is 0. The van der Waals surface area contributed by atoms with Crippen LogP contribution in [0.4, 0.5) is 5.82 Å². The highest BCUT2D eigenvalue weighted by Crippen LogP contribution is 2.13. The van der Waals surface area contributed by atoms with E-state index < -0.39 is 0 Å². The fraction of sp³-hybridized carbons (Fsp3) is 0.375. The van der Waals surface area contributed by atoms with Gasteiger partial charge in [0.15, 0.2) is 0 Å². The van der Waals surface area contributed by atoms with Crippen molar-refractivity contribution < 1.29 is 4.79 Å². The molecule has 1 amide bonds. The van der Waals surface area contributed by atoms with Crippen LogP contribution in [0.25, 0.3) is 10.8 Å². The smallest absolute Gasteiger partial charge is 0.259 e. The van der Waals surface area contributed by atoms with Crippen LogP contribution in [-0.4, -0.2) is 17.0 Å². The average molecular weight is 287 g/mol. The lowest BCUT2D eigenvalue weighted by Crippen LogP contribution is -2.30. The summed E-state index contributed by atoms with van der Waals surface area (Å²) < 4.78 is 1.46. The minimum Gasteiger partial charge on any atom is -0.385 e. The van der Waals surface area contributed by atoms with Gasteiger partial charge in [-0.25, -0.2) is 0 Å². The number of rotatable bonds is 5. The molecule has 21 heavy (non-hydrogen) atoms. The van der Waals surface area contributed by atoms with E-state index in [-0.39, 0.29) is 17.9 Å². The van der Waals surface area contributed by atoms with E-state index in [1.165, 1.54) is 4.57 Å². The van der Waals surface area contributed by atoms with Crippen molar-refractivity contribution in [2.45, 2.75) is 26.8 Å². The van der Waals surface area contributed by atoms with Gasteiger partial charge in [-0.05, 0) is 23.4 Å². The number of nitrogens with zero attached hydrogens (tertiary/aromatic N) is 1. The van der Waals surface area contributed by atoms with Crippen LogP contribution in [0.3, 0.4) is 0 Å². The van der Waals surface area contributed by atoms with Gasteiger partial charge in [-0.2, -0.15) is 0 Å². The monoisotopic (exact) mass is 287 g/mol. The molecule has 0 spiro atoms. The van der Waals surface area contributed by atoms with Crippen molar-refractivity contribution in [3.05, 3.63) is 40.7 Å². The third-order valence-electron chi connectivity index (χ3n) is 3.32. The highest BCUT2D eigenvalue weighted by atomic mass is 16.1. The van der Waals surface area contributed by atoms with E-state index in [2.05, 4.69) is 5.32 Å². The Hall–Kier alpha value is -2.30. The van der Waals surface area contributed by atoms with Crippen molar-refractivity contribution >= 4 is 22.5 Å². The van der Waals surface area contributed by atoms with Crippen LogP contribution in [0.2, 0.25) is 0 Å². The second-order valence-electron chi connectivity index (χ2n) is 5.56. The van der Waals surface area contributed by atoms with E-state index in [1.807, 2.05) is 32.0 Å². The van der Waals surface area contributed by atoms with Gasteiger partial charge in [-0.15, -0.1) is 0 Å². The van der Waals surface area contributed by atoms with E-state index in [9.17, 15) is 9.59 Å². The number of hydrogen-bond acceptors (Lipinski definition) is 3. The molecule has 5 nitrogen and oxygen atoms in total. The molecule has 0 aliphatic carbocycles. The van der Waals surface area contributed by atoms with Crippen LogP contribution >= 0.6 is 0 Å². The zero-order valence-corrected chi connectivity index (χ0v) is 12.4. The molecule has 0 atom stereocenters. The van der Waals surface area contributed by atoms with E-state index in [0.29, 0.717) is 30.2 Å². The summed E-state index contributed by atoms with van der Waals surface area (Å²) in [5.41, 5.74) is 5.78. The molecule has 0 aliphatic rings. The molecule has 0 radical (unpaired) electrons. The molecule has 2 rings (SSSR count). The van der Waals surface area contributed by atoms with Crippen LogP contribution < -0.4 is 16.6 Å². The number of amides is 1. The van der Waals surface area contributed by atoms with Gasteiger partial charge >= 0.3 is 0 Å². The number of carbonyl (C=O) groups is 1. The summed E-state index contributed by atoms with van der Waals surface area (Å²) in [4.78, 5) is 24.1. The summed E-state index contributed by atoms with van der Waals surface area (Å²) in [6, 6.07) is 9.08. The molecular formula is C16H21N3O2. The first-order valence-electron chi connectivity index (χ1n) is 7.14. The Balaban J connectivity index is 2.15. The molecule has 1 aromatic heterocycles. The van der Waals surface area contributed by atoms with Crippen LogP contribution in [0, 0.1) is 5.92 Å². The summed E-state index contributed by atoms with van der Waals surface area (Å²) in [5, 5.41) is 4.27. The Bertz CT molecular complexity index is 704. The zero-order chi connectivity index (χ0) is 15.4. The topological polar surface area (TPSA) is 77.1 Å². The van der Waals surface area contributed by atoms with E-state index in [0.717, 1.165) is 5.39 Å². The summed E-state index contributed by atoms with van der Waals surface area (Å²) in [6.45, 7) is 5.00. The predicted molar refractivity (Wildman–Crippen MR) is 85.1 cm³/mol. The molecule has 0 bridgehead atoms. The Labute approximate surface area is 123 Å². The Morgan fingerprint density at radius 1 is 1.33 bits per heavy atom. The molecule has 0 saturated heterocycles. The summed E-state index contributed by atoms with van der Waals surface area (Å²) in [5.74, 6) is 0.723. The van der Waals surface area contributed by atoms with E-state index >= 15 is 0 Å². The van der Waals surface area contributed by atoms with Gasteiger partial charge in [0.05, 0.1) is 0 Å². The van der Waals surface area contributed by atoms with Gasteiger partial charge in [0.2, 0.25) is 5.91 Å². The zero-order valence-electron chi connectivity index (χ0n) is 12.4. The van der Waals surface area contributed by atoms with Crippen molar-refractivity contribution in [3.8, 4) is 0 Å². The molecular weight excluding hydrogens is 266 g/mol. The first kappa shape index (κ1) is 15.1. The molecule has 0 fully saturated rings. The molecule has 2 aromatic rings. The number of hydrogen-bond donors (Lipinski definition) is 2. The highest BCUT2D eigenvalue weighted by Gasteiger charge is 2.09. The molecule has 3 N–H and O–H groups in total. The van der Waals surface area contributed by atoms with Crippen molar-refractivity contribution in [2.75, 3.05) is 12.3 Å². The molecule has 0 unspecified atom stereocenters. The second kappa shape index (κ2) is 6.43. The number of fused-ring (bicyclic) bond motifs is 1. The summed E-state index contributed by atoms with van der Waals surface area (Å²) in [6.07, 6.45) is 0.245. The molecule has 1 heterocycles. The Kier molecular flexibility index (Phi) is 4.62. The second-order valence-corrected chi connectivity index (χ2v) is 5.56. The third kappa shape index (κ3) is 3.62. The van der Waals surface area contributed by atoms with Crippen LogP contribution in [0.15, 0.2) is 35.1 Å². The Morgan fingerprint density at radius 2 is 2.05 bits per heavy atom. The number of nitrogen functional groups attached to an aromatic ring is 1. The van der Waals surface area contributed by atoms with E-state index in [1.54, 1.807) is 12.1 Å². The van der Waals surface area contributed by atoms with Gasteiger partial charge in [0.25, 0.3) is 5.56 Å². The maximum atomic E-state index is 12.4. The predicted octanol–water partition coefficient (Wildman–Crippen LogP) is 1.75. The SMILES string of the molecule is CC(C)CNC(=O)CCn1c(N)cc2ccccc2c1=O. The Morgan fingerprint density at radius 3 is 2.76 bits per heavy atom. The minimum atomic E-state index is -0.151. The van der Waals surface area contributed by atoms with Gasteiger partial charge in [-0.3, -0.25) is 14.2 Å². The van der Waals surface area contributed by atoms with E-state index in [4.69, 9.17) is 5.73 Å². The standard InChI is InChI=1S/C16H21N3O2/c1-11(2)10-18-15(20)7-8-19-14(17)9-12-5-3-4-6-13(12)16(19)21/h3-6,9,11H,7-8,10,17H2,1-2H3,(H,18,20). The number of aromatic nitrogens is 1. The third-order valence-corrected chi connectivity index (χ3v) is 3.32. The summed E-state index contributed by atoms with van der Waals surface area (Å²) >= 11 is 0. The maximum absolute atomic E-state index is 12.4. The fourth-order valence-electron chi connectivity index (χ4n) is 2.17. The normalized spacial score (nSPS) is 11.0. The first-order valence-corrected chi connectivity index (χ1v) is 7.14. The fourth-order valence-corrected chi connectivity index (χ4v) is 2.17. The molecule has 5 heteroatoms. The minimum absolute atomic E-state index is 0.0665. The molecule has 0 saturated carbocycles. The van der Waals surface area contributed by atoms with Crippen molar-refractivity contribution in [2.24, 2.45) is 5.92 Å². The van der Waals surface area contributed by atoms with Gasteiger partial charge < -0.3 is 11.1 Å². The molecule has 112 valence electrons. The van der Waals surface area contributed by atoms with Crippen LogP contribution in [-0.2, 0) is 11.3 Å². The lowest BCUT2D eigenvalue weighted by Gasteiger charge is -2.12. The first-order chi connectivity index (χ1) is 9.99. The molecule has 0 aliphatic heterocycles. The van der Waals surface area contributed by atoms with Crippen molar-refractivity contribution in [1.82, 2.24) is 9.88 Å². The number of pyridine rings is 1. The quantitative estimate of drug-likeness (QED) is 0.879. The number of nitrogens with two attached hydrogens (primary N) is 1. The lowest BCUT2D eigenvalue weighted by molar-refractivity contribution is -0.121. The number of anilines is 1. The largest absolute Gasteiger partial charge is 0.385 e. The maximum Gasteiger partial charge on any atom is 0.259 e. The number of carbonyl (C=O) groups excluding carboxylic acids is 1. The average Bonchev–Trinajstić information content (AvgIpc) is 2.45. The van der Waals surface area contributed by atoms with Crippen LogP contribution in [0.1, 0.15) is 20.3 Å². The van der Waals surface area contributed by atoms with Gasteiger partial charge in [0, 0.05) is 24.9 Å². The lowest BCUT2D eigenvalue weighted by atomic mass is 10.1. The molecule has 1 aromatic carbocycles. The van der Waals surface area contributed by atoms with Crippen molar-refractivity contribution in [3.63, 3.8) is 0 Å². The number of benzene rings is 1. The van der Waals surface area contributed by atoms with Gasteiger partial charge in [-0.1, -0.05) is 32.0 Å². The highest BCUT2D eigenvalue weighted by molar-refractivity contribution is 5.83. The van der Waals surface area contributed by atoms with Gasteiger partial charge in [0.1, 0.15) is 5.82 Å².